The predicted molar refractivity (Wildman–Crippen MR) is 96.6 cm³/mol. The lowest BCUT2D eigenvalue weighted by Crippen LogP contribution is -2.42. The summed E-state index contributed by atoms with van der Waals surface area (Å²) in [6.45, 7) is 9.84. The van der Waals surface area contributed by atoms with Gasteiger partial charge in [-0.3, -0.25) is 9.69 Å². The summed E-state index contributed by atoms with van der Waals surface area (Å²) in [5, 5.41) is 2.88. The molecule has 1 amide bonds. The highest BCUT2D eigenvalue weighted by molar-refractivity contribution is 7.89. The summed E-state index contributed by atoms with van der Waals surface area (Å²) in [7, 11) is -0.517. The molecule has 0 spiro atoms. The molecule has 6 nitrogen and oxygen atoms in total. The van der Waals surface area contributed by atoms with Crippen LogP contribution in [0.2, 0.25) is 0 Å². The molecule has 0 aliphatic carbocycles. The molecule has 1 N–H and O–H groups in total. The summed E-state index contributed by atoms with van der Waals surface area (Å²) in [5.74, 6) is -0.198. The molecule has 0 saturated heterocycles. The minimum atomic E-state index is -3.47. The summed E-state index contributed by atoms with van der Waals surface area (Å²) >= 11 is 0. The van der Waals surface area contributed by atoms with Crippen molar-refractivity contribution in [1.82, 2.24) is 14.5 Å². The molecule has 0 bridgehead atoms. The van der Waals surface area contributed by atoms with Crippen molar-refractivity contribution in [1.29, 1.82) is 0 Å². The summed E-state index contributed by atoms with van der Waals surface area (Å²) in [4.78, 5) is 14.6. The van der Waals surface area contributed by atoms with E-state index in [1.807, 2.05) is 0 Å². The Labute approximate surface area is 145 Å². The lowest BCUT2D eigenvalue weighted by Gasteiger charge is -2.30. The van der Waals surface area contributed by atoms with Crippen LogP contribution >= 0.6 is 0 Å². The van der Waals surface area contributed by atoms with Crippen molar-refractivity contribution in [3.05, 3.63) is 29.8 Å². The number of hydrogen-bond donors (Lipinski definition) is 1. The molecule has 136 valence electrons. The number of rotatable bonds is 8. The third kappa shape index (κ3) is 5.29. The maximum absolute atomic E-state index is 12.2. The molecule has 0 fully saturated rings. The summed E-state index contributed by atoms with van der Waals surface area (Å²) in [5.41, 5.74) is 0.452. The van der Waals surface area contributed by atoms with Crippen LogP contribution in [0.1, 0.15) is 38.1 Å². The van der Waals surface area contributed by atoms with Crippen LogP contribution < -0.4 is 5.32 Å². The third-order valence-electron chi connectivity index (χ3n) is 3.88. The van der Waals surface area contributed by atoms with E-state index >= 15 is 0 Å². The molecule has 0 aliphatic heterocycles. The largest absolute Gasteiger partial charge is 0.351 e. The summed E-state index contributed by atoms with van der Waals surface area (Å²) in [6.07, 6.45) is 0. The van der Waals surface area contributed by atoms with Gasteiger partial charge >= 0.3 is 0 Å². The van der Waals surface area contributed by atoms with Gasteiger partial charge in [-0.2, -0.15) is 0 Å². The molecular formula is C17H29N3O3S. The normalized spacial score (nSPS) is 12.4. The van der Waals surface area contributed by atoms with Crippen LogP contribution in [0.25, 0.3) is 0 Å². The van der Waals surface area contributed by atoms with E-state index in [-0.39, 0.29) is 10.8 Å². The Kier molecular flexibility index (Phi) is 7.38. The van der Waals surface area contributed by atoms with Gasteiger partial charge in [-0.05, 0) is 52.0 Å². The molecule has 7 heteroatoms. The van der Waals surface area contributed by atoms with Crippen LogP contribution in [0.5, 0.6) is 0 Å². The number of carbonyl (C=O) groups is 1. The highest BCUT2D eigenvalue weighted by Crippen LogP contribution is 2.14. The van der Waals surface area contributed by atoms with E-state index < -0.39 is 10.0 Å². The SMILES string of the molecule is CC(C)N(CCNC(=O)c1ccc(S(=O)(=O)N(C)C)cc1)C(C)C. The fourth-order valence-electron chi connectivity index (χ4n) is 2.50. The molecule has 0 saturated carbocycles. The number of benzene rings is 1. The Hall–Kier alpha value is -1.44. The average Bonchev–Trinajstić information content (AvgIpc) is 2.50. The number of hydrogen-bond acceptors (Lipinski definition) is 4. The number of sulfonamides is 1. The van der Waals surface area contributed by atoms with Crippen molar-refractivity contribution in [3.8, 4) is 0 Å². The molecule has 0 aliphatic rings. The van der Waals surface area contributed by atoms with Crippen LogP contribution in [0, 0.1) is 0 Å². The monoisotopic (exact) mass is 355 g/mol. The number of nitrogens with one attached hydrogen (secondary N) is 1. The average molecular weight is 356 g/mol. The first kappa shape index (κ1) is 20.6. The van der Waals surface area contributed by atoms with Crippen molar-refractivity contribution in [2.24, 2.45) is 0 Å². The molecule has 1 aromatic carbocycles. The van der Waals surface area contributed by atoms with Gasteiger partial charge in [-0.15, -0.1) is 0 Å². The van der Waals surface area contributed by atoms with Crippen molar-refractivity contribution in [3.63, 3.8) is 0 Å². The second-order valence-corrected chi connectivity index (χ2v) is 8.64. The van der Waals surface area contributed by atoms with Gasteiger partial charge in [0.2, 0.25) is 10.0 Å². The summed E-state index contributed by atoms with van der Waals surface area (Å²) in [6, 6.07) is 6.81. The van der Waals surface area contributed by atoms with Gasteiger partial charge in [-0.1, -0.05) is 0 Å². The minimum absolute atomic E-state index is 0.176. The van der Waals surface area contributed by atoms with Gasteiger partial charge in [0, 0.05) is 44.8 Å². The van der Waals surface area contributed by atoms with Crippen molar-refractivity contribution in [2.75, 3.05) is 27.2 Å². The summed E-state index contributed by atoms with van der Waals surface area (Å²) < 4.78 is 25.2. The smallest absolute Gasteiger partial charge is 0.251 e. The fourth-order valence-corrected chi connectivity index (χ4v) is 3.40. The quantitative estimate of drug-likeness (QED) is 0.772. The topological polar surface area (TPSA) is 69.7 Å². The highest BCUT2D eigenvalue weighted by Gasteiger charge is 2.18. The lowest BCUT2D eigenvalue weighted by molar-refractivity contribution is 0.0939. The van der Waals surface area contributed by atoms with Crippen molar-refractivity contribution >= 4 is 15.9 Å². The first-order valence-corrected chi connectivity index (χ1v) is 9.58. The van der Waals surface area contributed by atoms with Crippen LogP contribution in [-0.4, -0.2) is 62.8 Å². The van der Waals surface area contributed by atoms with Crippen LogP contribution in [-0.2, 0) is 10.0 Å². The molecule has 1 aromatic rings. The maximum Gasteiger partial charge on any atom is 0.251 e. The van der Waals surface area contributed by atoms with E-state index in [1.54, 1.807) is 0 Å². The fraction of sp³-hybridized carbons (Fsp3) is 0.588. The van der Waals surface area contributed by atoms with Gasteiger partial charge < -0.3 is 5.32 Å². The van der Waals surface area contributed by atoms with Gasteiger partial charge in [0.05, 0.1) is 4.90 Å². The van der Waals surface area contributed by atoms with E-state index in [4.69, 9.17) is 0 Å². The third-order valence-corrected chi connectivity index (χ3v) is 5.71. The second kappa shape index (κ2) is 8.60. The zero-order chi connectivity index (χ0) is 18.5. The Morgan fingerprint density at radius 2 is 1.54 bits per heavy atom. The van der Waals surface area contributed by atoms with Gasteiger partial charge in [-0.25, -0.2) is 12.7 Å². The Balaban J connectivity index is 2.67. The van der Waals surface area contributed by atoms with Crippen molar-refractivity contribution < 1.29 is 13.2 Å². The van der Waals surface area contributed by atoms with Crippen LogP contribution in [0.4, 0.5) is 0 Å². The van der Waals surface area contributed by atoms with Gasteiger partial charge in [0.1, 0.15) is 0 Å². The first-order valence-electron chi connectivity index (χ1n) is 8.14. The molecule has 24 heavy (non-hydrogen) atoms. The maximum atomic E-state index is 12.2. The molecule has 1 rings (SSSR count). The van der Waals surface area contributed by atoms with E-state index in [0.717, 1.165) is 10.8 Å². The number of amides is 1. The van der Waals surface area contributed by atoms with E-state index in [1.165, 1.54) is 38.4 Å². The van der Waals surface area contributed by atoms with Crippen LogP contribution in [0.3, 0.4) is 0 Å². The van der Waals surface area contributed by atoms with Gasteiger partial charge in [0.15, 0.2) is 0 Å². The van der Waals surface area contributed by atoms with Gasteiger partial charge in [0.25, 0.3) is 5.91 Å². The molecule has 0 heterocycles. The van der Waals surface area contributed by atoms with E-state index in [2.05, 4.69) is 37.9 Å². The van der Waals surface area contributed by atoms with E-state index in [0.29, 0.717) is 24.2 Å². The lowest BCUT2D eigenvalue weighted by atomic mass is 10.2. The van der Waals surface area contributed by atoms with Crippen molar-refractivity contribution in [2.45, 2.75) is 44.7 Å². The minimum Gasteiger partial charge on any atom is -0.351 e. The Morgan fingerprint density at radius 3 is 1.96 bits per heavy atom. The second-order valence-electron chi connectivity index (χ2n) is 6.49. The molecule has 0 aromatic heterocycles. The Bertz CT molecular complexity index is 630. The highest BCUT2D eigenvalue weighted by atomic mass is 32.2. The standard InChI is InChI=1S/C17H29N3O3S/c1-13(2)20(14(3)4)12-11-18-17(21)15-7-9-16(10-8-15)24(22,23)19(5)6/h7-10,13-14H,11-12H2,1-6H3,(H,18,21). The van der Waals surface area contributed by atoms with Crippen LogP contribution in [0.15, 0.2) is 29.2 Å². The van der Waals surface area contributed by atoms with E-state index in [9.17, 15) is 13.2 Å². The molecule has 0 unspecified atom stereocenters. The molecule has 0 atom stereocenters. The first-order chi connectivity index (χ1) is 11.1. The molecule has 0 radical (unpaired) electrons. The molecular weight excluding hydrogens is 326 g/mol. The zero-order valence-corrected chi connectivity index (χ0v) is 16.2. The Morgan fingerprint density at radius 1 is 1.04 bits per heavy atom. The zero-order valence-electron chi connectivity index (χ0n) is 15.4. The number of nitrogens with zero attached hydrogens (tertiary/aromatic N) is 2. The number of carbonyl (C=O) groups excluding carboxylic acids is 1. The predicted octanol–water partition coefficient (Wildman–Crippen LogP) is 1.79.